The van der Waals surface area contributed by atoms with E-state index in [0.29, 0.717) is 18.7 Å². The number of piperazine rings is 1. The number of imide groups is 1. The predicted octanol–water partition coefficient (Wildman–Crippen LogP) is 2.62. The maximum atomic E-state index is 13.1. The minimum absolute atomic E-state index is 0.203. The van der Waals surface area contributed by atoms with Crippen LogP contribution < -0.4 is 5.32 Å². The van der Waals surface area contributed by atoms with E-state index in [1.165, 1.54) is 0 Å². The molecule has 1 N–H and O–H groups in total. The molecule has 33 heavy (non-hydrogen) atoms. The molecule has 0 bridgehead atoms. The topological polar surface area (TPSA) is 73.0 Å². The van der Waals surface area contributed by atoms with E-state index >= 15 is 0 Å². The van der Waals surface area contributed by atoms with Crippen LogP contribution in [-0.4, -0.2) is 71.8 Å². The molecule has 2 aromatic rings. The number of nitrogens with zero attached hydrogens (tertiary/aromatic N) is 3. The van der Waals surface area contributed by atoms with Gasteiger partial charge in [-0.25, -0.2) is 4.79 Å². The first-order valence-corrected chi connectivity index (χ1v) is 11.3. The second kappa shape index (κ2) is 9.58. The number of aryl methyl sites for hydroxylation is 1. The van der Waals surface area contributed by atoms with Gasteiger partial charge in [-0.05, 0) is 25.0 Å². The van der Waals surface area contributed by atoms with Gasteiger partial charge in [0.1, 0.15) is 12.1 Å². The zero-order valence-electron chi connectivity index (χ0n) is 19.2. The van der Waals surface area contributed by atoms with Crippen LogP contribution in [0.1, 0.15) is 23.6 Å². The molecule has 4 rings (SSSR count). The summed E-state index contributed by atoms with van der Waals surface area (Å²) in [5.74, 6) is -0.597. The normalized spacial score (nSPS) is 21.6. The lowest BCUT2D eigenvalue weighted by molar-refractivity contribution is -0.139. The van der Waals surface area contributed by atoms with Gasteiger partial charge in [-0.2, -0.15) is 0 Å². The van der Waals surface area contributed by atoms with Crippen molar-refractivity contribution >= 4 is 23.9 Å². The standard InChI is InChI=1S/C26H30N4O3/c1-20-10-12-22(13-11-20)26(2)24(32)30(25(33)27-26)19-23(31)29-17-15-28(16-18-29)14-6-9-21-7-4-3-5-8-21/h3-13H,14-19H2,1-2H3,(H,27,33)/b9-6+. The summed E-state index contributed by atoms with van der Waals surface area (Å²) in [4.78, 5) is 43.6. The minimum Gasteiger partial charge on any atom is -0.339 e. The van der Waals surface area contributed by atoms with Crippen LogP contribution in [0.15, 0.2) is 60.7 Å². The van der Waals surface area contributed by atoms with E-state index in [0.717, 1.165) is 35.7 Å². The molecule has 0 aromatic heterocycles. The molecule has 172 valence electrons. The Morgan fingerprint density at radius 1 is 1.00 bits per heavy atom. The molecule has 2 saturated heterocycles. The highest BCUT2D eigenvalue weighted by Gasteiger charge is 2.49. The van der Waals surface area contributed by atoms with Crippen molar-refractivity contribution in [2.45, 2.75) is 19.4 Å². The molecule has 1 atom stereocenters. The molecule has 0 radical (unpaired) electrons. The molecule has 1 unspecified atom stereocenters. The number of carbonyl (C=O) groups excluding carboxylic acids is 3. The highest BCUT2D eigenvalue weighted by atomic mass is 16.2. The van der Waals surface area contributed by atoms with E-state index in [1.807, 2.05) is 49.4 Å². The largest absolute Gasteiger partial charge is 0.339 e. The number of benzene rings is 2. The first-order chi connectivity index (χ1) is 15.9. The fourth-order valence-corrected chi connectivity index (χ4v) is 4.24. The summed E-state index contributed by atoms with van der Waals surface area (Å²) < 4.78 is 0. The Morgan fingerprint density at radius 2 is 1.67 bits per heavy atom. The molecule has 2 aromatic carbocycles. The molecule has 0 aliphatic carbocycles. The number of amides is 4. The van der Waals surface area contributed by atoms with Gasteiger partial charge >= 0.3 is 6.03 Å². The van der Waals surface area contributed by atoms with Crippen LogP contribution >= 0.6 is 0 Å². The number of carbonyl (C=O) groups is 3. The average Bonchev–Trinajstić information content (AvgIpc) is 3.04. The maximum Gasteiger partial charge on any atom is 0.325 e. The van der Waals surface area contributed by atoms with Crippen molar-refractivity contribution in [3.05, 3.63) is 77.4 Å². The van der Waals surface area contributed by atoms with Crippen molar-refractivity contribution in [1.82, 2.24) is 20.0 Å². The van der Waals surface area contributed by atoms with Gasteiger partial charge in [0.2, 0.25) is 5.91 Å². The highest BCUT2D eigenvalue weighted by molar-refractivity contribution is 6.09. The smallest absolute Gasteiger partial charge is 0.325 e. The van der Waals surface area contributed by atoms with Gasteiger partial charge in [0.05, 0.1) is 0 Å². The van der Waals surface area contributed by atoms with Crippen molar-refractivity contribution in [3.8, 4) is 0 Å². The van der Waals surface area contributed by atoms with Crippen LogP contribution in [0.4, 0.5) is 4.79 Å². The van der Waals surface area contributed by atoms with Crippen molar-refractivity contribution in [1.29, 1.82) is 0 Å². The molecule has 0 spiro atoms. The summed E-state index contributed by atoms with van der Waals surface area (Å²) in [5.41, 5.74) is 1.78. The lowest BCUT2D eigenvalue weighted by atomic mass is 9.91. The maximum absolute atomic E-state index is 13.1. The third-order valence-corrected chi connectivity index (χ3v) is 6.40. The lowest BCUT2D eigenvalue weighted by Gasteiger charge is -2.34. The van der Waals surface area contributed by atoms with Crippen LogP contribution in [0.2, 0.25) is 0 Å². The summed E-state index contributed by atoms with van der Waals surface area (Å²) in [7, 11) is 0. The number of rotatable bonds is 6. The Kier molecular flexibility index (Phi) is 6.60. The SMILES string of the molecule is Cc1ccc(C2(C)NC(=O)N(CC(=O)N3CCN(C/C=C/c4ccccc4)CC3)C2=O)cc1. The van der Waals surface area contributed by atoms with Gasteiger partial charge in [0.25, 0.3) is 5.91 Å². The molecule has 2 fully saturated rings. The van der Waals surface area contributed by atoms with E-state index < -0.39 is 17.5 Å². The van der Waals surface area contributed by atoms with Crippen LogP contribution in [0.5, 0.6) is 0 Å². The van der Waals surface area contributed by atoms with Gasteiger partial charge in [0.15, 0.2) is 0 Å². The number of urea groups is 1. The Bertz CT molecular complexity index is 1040. The lowest BCUT2D eigenvalue weighted by Crippen LogP contribution is -2.52. The quantitative estimate of drug-likeness (QED) is 0.693. The molecule has 2 aliphatic heterocycles. The van der Waals surface area contributed by atoms with Crippen molar-refractivity contribution < 1.29 is 14.4 Å². The Labute approximate surface area is 194 Å². The predicted molar refractivity (Wildman–Crippen MR) is 127 cm³/mol. The fourth-order valence-electron chi connectivity index (χ4n) is 4.24. The molecule has 0 saturated carbocycles. The molecular formula is C26H30N4O3. The van der Waals surface area contributed by atoms with E-state index in [4.69, 9.17) is 0 Å². The molecule has 2 aliphatic rings. The molecule has 2 heterocycles. The third-order valence-electron chi connectivity index (χ3n) is 6.40. The first-order valence-electron chi connectivity index (χ1n) is 11.3. The van der Waals surface area contributed by atoms with Crippen LogP contribution in [0, 0.1) is 6.92 Å². The zero-order valence-corrected chi connectivity index (χ0v) is 19.2. The highest BCUT2D eigenvalue weighted by Crippen LogP contribution is 2.29. The van der Waals surface area contributed by atoms with Gasteiger partial charge in [-0.3, -0.25) is 19.4 Å². The Hall–Kier alpha value is -3.45. The van der Waals surface area contributed by atoms with Gasteiger partial charge in [0, 0.05) is 32.7 Å². The third kappa shape index (κ3) is 4.98. The molecule has 7 nitrogen and oxygen atoms in total. The summed E-state index contributed by atoms with van der Waals surface area (Å²) in [6.07, 6.45) is 4.23. The molecule has 4 amide bonds. The number of nitrogens with one attached hydrogen (secondary N) is 1. The summed E-state index contributed by atoms with van der Waals surface area (Å²) in [6.45, 7) is 6.90. The average molecular weight is 447 g/mol. The molecular weight excluding hydrogens is 416 g/mol. The van der Waals surface area contributed by atoms with Crippen LogP contribution in [0.25, 0.3) is 6.08 Å². The van der Waals surface area contributed by atoms with E-state index in [9.17, 15) is 14.4 Å². The summed E-state index contributed by atoms with van der Waals surface area (Å²) in [6, 6.07) is 17.1. The number of hydrogen-bond acceptors (Lipinski definition) is 4. The second-order valence-corrected chi connectivity index (χ2v) is 8.81. The van der Waals surface area contributed by atoms with Gasteiger partial charge in [-0.15, -0.1) is 0 Å². The zero-order chi connectivity index (χ0) is 23.4. The van der Waals surface area contributed by atoms with Crippen molar-refractivity contribution in [3.63, 3.8) is 0 Å². The number of hydrogen-bond donors (Lipinski definition) is 1. The Morgan fingerprint density at radius 3 is 2.33 bits per heavy atom. The van der Waals surface area contributed by atoms with Crippen LogP contribution in [0.3, 0.4) is 0 Å². The van der Waals surface area contributed by atoms with Crippen molar-refractivity contribution in [2.75, 3.05) is 39.3 Å². The van der Waals surface area contributed by atoms with Gasteiger partial charge < -0.3 is 10.2 Å². The summed E-state index contributed by atoms with van der Waals surface area (Å²) >= 11 is 0. The molecule has 7 heteroatoms. The summed E-state index contributed by atoms with van der Waals surface area (Å²) in [5, 5.41) is 2.77. The fraction of sp³-hybridized carbons (Fsp3) is 0.346. The Balaban J connectivity index is 1.30. The van der Waals surface area contributed by atoms with E-state index in [-0.39, 0.29) is 12.5 Å². The minimum atomic E-state index is -1.16. The second-order valence-electron chi connectivity index (χ2n) is 8.81. The van der Waals surface area contributed by atoms with Gasteiger partial charge in [-0.1, -0.05) is 72.3 Å². The van der Waals surface area contributed by atoms with Crippen molar-refractivity contribution in [2.24, 2.45) is 0 Å². The van der Waals surface area contributed by atoms with Crippen LogP contribution in [-0.2, 0) is 15.1 Å². The van der Waals surface area contributed by atoms with E-state index in [1.54, 1.807) is 11.8 Å². The van der Waals surface area contributed by atoms with E-state index in [2.05, 4.69) is 34.5 Å². The first kappa shape index (κ1) is 22.7. The monoisotopic (exact) mass is 446 g/mol.